The fraction of sp³-hybridized carbons (Fsp3) is 0.571. The Bertz CT molecular complexity index is 537. The molecule has 0 radical (unpaired) electrons. The summed E-state index contributed by atoms with van der Waals surface area (Å²) in [5.74, 6) is 0. The molecule has 2 rings (SSSR count). The second-order valence-electron chi connectivity index (χ2n) is 6.12. The summed E-state index contributed by atoms with van der Waals surface area (Å²) in [4.78, 5) is 4.07. The van der Waals surface area contributed by atoms with Crippen molar-refractivity contribution >= 4 is 12.6 Å². The highest BCUT2D eigenvalue weighted by molar-refractivity contribution is 6.62. The lowest BCUT2D eigenvalue weighted by Crippen LogP contribution is -2.41. The van der Waals surface area contributed by atoms with E-state index < -0.39 is 30.5 Å². The summed E-state index contributed by atoms with van der Waals surface area (Å²) >= 11 is 0. The van der Waals surface area contributed by atoms with Crippen molar-refractivity contribution in [3.8, 4) is 6.07 Å². The molecular formula is C14H19BN2O4. The third kappa shape index (κ3) is 2.94. The monoisotopic (exact) mass is 290 g/mol. The first-order valence-electron chi connectivity index (χ1n) is 6.75. The molecule has 0 aromatic carbocycles. The van der Waals surface area contributed by atoms with Crippen LogP contribution >= 0.6 is 0 Å². The van der Waals surface area contributed by atoms with Gasteiger partial charge in [0.25, 0.3) is 0 Å². The number of aliphatic hydroxyl groups is 2. The van der Waals surface area contributed by atoms with Crippen molar-refractivity contribution in [2.45, 2.75) is 51.1 Å². The van der Waals surface area contributed by atoms with Gasteiger partial charge in [-0.15, -0.1) is 0 Å². The summed E-state index contributed by atoms with van der Waals surface area (Å²) in [5.41, 5.74) is 0.0695. The average Bonchev–Trinajstić information content (AvgIpc) is 2.66. The van der Waals surface area contributed by atoms with Crippen LogP contribution in [0.15, 0.2) is 18.3 Å². The molecule has 1 aromatic heterocycles. The van der Waals surface area contributed by atoms with E-state index in [2.05, 4.69) is 4.98 Å². The SMILES string of the molecule is CC1(C)OB(c2ccc(C(O)C(O)C#N)nc2)OC1(C)C. The maximum atomic E-state index is 9.71. The summed E-state index contributed by atoms with van der Waals surface area (Å²) in [6.07, 6.45) is -1.31. The molecule has 2 atom stereocenters. The number of rotatable bonds is 3. The molecule has 0 spiro atoms. The minimum atomic E-state index is -1.50. The molecule has 112 valence electrons. The van der Waals surface area contributed by atoms with Gasteiger partial charge in [0, 0.05) is 11.7 Å². The van der Waals surface area contributed by atoms with Crippen LogP contribution in [0.1, 0.15) is 39.5 Å². The molecule has 21 heavy (non-hydrogen) atoms. The molecule has 1 saturated heterocycles. The Morgan fingerprint density at radius 2 is 1.76 bits per heavy atom. The van der Waals surface area contributed by atoms with Crippen molar-refractivity contribution < 1.29 is 19.5 Å². The Labute approximate surface area is 124 Å². The van der Waals surface area contributed by atoms with Crippen LogP contribution in [-0.4, -0.2) is 39.6 Å². The van der Waals surface area contributed by atoms with Gasteiger partial charge in [-0.05, 0) is 33.8 Å². The van der Waals surface area contributed by atoms with Gasteiger partial charge in [-0.2, -0.15) is 5.26 Å². The Kier molecular flexibility index (Phi) is 4.09. The second-order valence-corrected chi connectivity index (χ2v) is 6.12. The lowest BCUT2D eigenvalue weighted by atomic mass is 9.80. The highest BCUT2D eigenvalue weighted by atomic mass is 16.7. The Hall–Kier alpha value is -1.46. The van der Waals surface area contributed by atoms with E-state index in [4.69, 9.17) is 14.6 Å². The van der Waals surface area contributed by atoms with Crippen molar-refractivity contribution in [2.24, 2.45) is 0 Å². The van der Waals surface area contributed by atoms with Gasteiger partial charge in [0.15, 0.2) is 6.10 Å². The van der Waals surface area contributed by atoms with E-state index in [1.165, 1.54) is 6.20 Å². The molecule has 2 unspecified atom stereocenters. The topological polar surface area (TPSA) is 95.6 Å². The first-order valence-corrected chi connectivity index (χ1v) is 6.75. The molecule has 2 N–H and O–H groups in total. The molecule has 0 aliphatic carbocycles. The molecule has 0 bridgehead atoms. The smallest absolute Gasteiger partial charge is 0.399 e. The van der Waals surface area contributed by atoms with Gasteiger partial charge in [0.1, 0.15) is 6.10 Å². The van der Waals surface area contributed by atoms with Crippen LogP contribution in [0.2, 0.25) is 0 Å². The van der Waals surface area contributed by atoms with Gasteiger partial charge in [-0.1, -0.05) is 6.07 Å². The first kappa shape index (κ1) is 15.9. The normalized spacial score (nSPS) is 22.6. The largest absolute Gasteiger partial charge is 0.496 e. The maximum Gasteiger partial charge on any atom is 0.496 e. The standard InChI is InChI=1S/C14H19BN2O4/c1-13(2)14(3,4)21-15(20-13)9-5-6-10(17-8-9)12(19)11(18)7-16/h5-6,8,11-12,18-19H,1-4H3. The number of aromatic nitrogens is 1. The number of hydrogen-bond acceptors (Lipinski definition) is 6. The first-order chi connectivity index (χ1) is 9.68. The van der Waals surface area contributed by atoms with Crippen LogP contribution in [0.25, 0.3) is 0 Å². The van der Waals surface area contributed by atoms with Crippen LogP contribution in [-0.2, 0) is 9.31 Å². The number of hydrogen-bond donors (Lipinski definition) is 2. The van der Waals surface area contributed by atoms with E-state index in [0.717, 1.165) is 5.46 Å². The number of nitriles is 1. The molecule has 1 aromatic rings. The van der Waals surface area contributed by atoms with Gasteiger partial charge >= 0.3 is 7.12 Å². The van der Waals surface area contributed by atoms with Crippen molar-refractivity contribution in [1.82, 2.24) is 4.98 Å². The lowest BCUT2D eigenvalue weighted by Gasteiger charge is -2.32. The van der Waals surface area contributed by atoms with Crippen molar-refractivity contribution in [3.05, 3.63) is 24.0 Å². The Morgan fingerprint density at radius 3 is 2.19 bits per heavy atom. The van der Waals surface area contributed by atoms with E-state index in [1.54, 1.807) is 18.2 Å². The van der Waals surface area contributed by atoms with Crippen LogP contribution < -0.4 is 5.46 Å². The fourth-order valence-electron chi connectivity index (χ4n) is 1.94. The highest BCUT2D eigenvalue weighted by Crippen LogP contribution is 2.36. The fourth-order valence-corrected chi connectivity index (χ4v) is 1.94. The van der Waals surface area contributed by atoms with Crippen molar-refractivity contribution in [2.75, 3.05) is 0 Å². The summed E-state index contributed by atoms with van der Waals surface area (Å²) in [7, 11) is -0.533. The second kappa shape index (κ2) is 5.39. The van der Waals surface area contributed by atoms with E-state index in [9.17, 15) is 10.2 Å². The van der Waals surface area contributed by atoms with Crippen LogP contribution in [0, 0.1) is 11.3 Å². The van der Waals surface area contributed by atoms with E-state index in [0.29, 0.717) is 0 Å². The zero-order valence-electron chi connectivity index (χ0n) is 12.6. The van der Waals surface area contributed by atoms with Crippen LogP contribution in [0.4, 0.5) is 0 Å². The number of aliphatic hydroxyl groups excluding tert-OH is 2. The Balaban J connectivity index is 2.16. The van der Waals surface area contributed by atoms with Gasteiger partial charge in [0.2, 0.25) is 0 Å². The van der Waals surface area contributed by atoms with E-state index in [1.807, 2.05) is 27.7 Å². The summed E-state index contributed by atoms with van der Waals surface area (Å²) in [6, 6.07) is 4.82. The predicted molar refractivity (Wildman–Crippen MR) is 76.5 cm³/mol. The van der Waals surface area contributed by atoms with E-state index in [-0.39, 0.29) is 5.69 Å². The summed E-state index contributed by atoms with van der Waals surface area (Å²) in [6.45, 7) is 7.84. The minimum Gasteiger partial charge on any atom is -0.399 e. The van der Waals surface area contributed by atoms with Crippen molar-refractivity contribution in [3.63, 3.8) is 0 Å². The van der Waals surface area contributed by atoms with Gasteiger partial charge in [0.05, 0.1) is 23.0 Å². The molecule has 1 fully saturated rings. The zero-order chi connectivity index (χ0) is 15.8. The van der Waals surface area contributed by atoms with Gasteiger partial charge in [-0.25, -0.2) is 0 Å². The number of pyridine rings is 1. The molecule has 6 nitrogen and oxygen atoms in total. The molecule has 1 aliphatic rings. The lowest BCUT2D eigenvalue weighted by molar-refractivity contribution is 0.00578. The zero-order valence-corrected chi connectivity index (χ0v) is 12.6. The quantitative estimate of drug-likeness (QED) is 0.614. The summed E-state index contributed by atoms with van der Waals surface area (Å²) < 4.78 is 11.8. The molecule has 0 amide bonds. The van der Waals surface area contributed by atoms with E-state index >= 15 is 0 Å². The highest BCUT2D eigenvalue weighted by Gasteiger charge is 2.51. The van der Waals surface area contributed by atoms with Gasteiger partial charge in [-0.3, -0.25) is 4.98 Å². The Morgan fingerprint density at radius 1 is 1.19 bits per heavy atom. The molecular weight excluding hydrogens is 271 g/mol. The molecule has 0 saturated carbocycles. The third-order valence-electron chi connectivity index (χ3n) is 4.07. The van der Waals surface area contributed by atoms with Crippen LogP contribution in [0.5, 0.6) is 0 Å². The molecule has 1 aliphatic heterocycles. The summed E-state index contributed by atoms with van der Waals surface area (Å²) in [5, 5.41) is 27.6. The molecule has 7 heteroatoms. The van der Waals surface area contributed by atoms with Crippen LogP contribution in [0.3, 0.4) is 0 Å². The van der Waals surface area contributed by atoms with Crippen molar-refractivity contribution in [1.29, 1.82) is 5.26 Å². The number of nitrogens with zero attached hydrogens (tertiary/aromatic N) is 2. The maximum absolute atomic E-state index is 9.71. The average molecular weight is 290 g/mol. The third-order valence-corrected chi connectivity index (χ3v) is 4.07. The van der Waals surface area contributed by atoms with Gasteiger partial charge < -0.3 is 19.5 Å². The molecule has 2 heterocycles. The predicted octanol–water partition coefficient (Wildman–Crippen LogP) is 0.299. The minimum absolute atomic E-state index is 0.226.